The molecule has 152 valence electrons. The molecule has 2 aliphatic heterocycles. The number of rotatable bonds is 5. The first-order chi connectivity index (χ1) is 14.3. The van der Waals surface area contributed by atoms with Crippen LogP contribution in [0.5, 0.6) is 11.5 Å². The summed E-state index contributed by atoms with van der Waals surface area (Å²) in [6.45, 7) is 2.29. The summed E-state index contributed by atoms with van der Waals surface area (Å²) in [6.07, 6.45) is 5.22. The summed E-state index contributed by atoms with van der Waals surface area (Å²) >= 11 is 0. The van der Waals surface area contributed by atoms with Crippen LogP contribution in [-0.4, -0.2) is 36.6 Å². The van der Waals surface area contributed by atoms with Crippen LogP contribution in [0.3, 0.4) is 0 Å². The number of benzene rings is 2. The van der Waals surface area contributed by atoms with Gasteiger partial charge in [0.25, 0.3) is 0 Å². The Hall–Kier alpha value is -2.53. The van der Waals surface area contributed by atoms with Crippen molar-refractivity contribution in [1.82, 2.24) is 10.2 Å². The number of ether oxygens (including phenoxy) is 2. The molecule has 1 aliphatic carbocycles. The lowest BCUT2D eigenvalue weighted by Gasteiger charge is -2.33. The molecule has 0 aromatic heterocycles. The Morgan fingerprint density at radius 3 is 2.55 bits per heavy atom. The lowest BCUT2D eigenvalue weighted by Crippen LogP contribution is -2.41. The smallest absolute Gasteiger partial charge is 0.242 e. The third kappa shape index (κ3) is 3.97. The maximum absolute atomic E-state index is 13.2. The van der Waals surface area contributed by atoms with Crippen LogP contribution < -0.4 is 14.8 Å². The first-order valence-electron chi connectivity index (χ1n) is 10.8. The number of fused-ring (bicyclic) bond motifs is 1. The Morgan fingerprint density at radius 2 is 1.76 bits per heavy atom. The number of nitrogens with one attached hydrogen (secondary N) is 1. The first kappa shape index (κ1) is 18.5. The summed E-state index contributed by atoms with van der Waals surface area (Å²) in [7, 11) is 0. The minimum Gasteiger partial charge on any atom is -0.490 e. The van der Waals surface area contributed by atoms with Gasteiger partial charge in [0.1, 0.15) is 6.04 Å². The Labute approximate surface area is 172 Å². The molecule has 5 rings (SSSR count). The van der Waals surface area contributed by atoms with Crippen LogP contribution >= 0.6 is 0 Å². The van der Waals surface area contributed by atoms with Crippen molar-refractivity contribution in [1.29, 1.82) is 0 Å². The van der Waals surface area contributed by atoms with Gasteiger partial charge in [0, 0.05) is 18.5 Å². The largest absolute Gasteiger partial charge is 0.490 e. The lowest BCUT2D eigenvalue weighted by molar-refractivity contribution is -0.127. The van der Waals surface area contributed by atoms with Crippen molar-refractivity contribution < 1.29 is 14.3 Å². The van der Waals surface area contributed by atoms with Gasteiger partial charge in [0.2, 0.25) is 5.91 Å². The van der Waals surface area contributed by atoms with Crippen LogP contribution in [0.25, 0.3) is 0 Å². The molecule has 2 aromatic carbocycles. The van der Waals surface area contributed by atoms with Crippen LogP contribution in [0.2, 0.25) is 0 Å². The van der Waals surface area contributed by atoms with Crippen LogP contribution in [0.1, 0.15) is 55.3 Å². The van der Waals surface area contributed by atoms with E-state index in [9.17, 15) is 4.79 Å². The van der Waals surface area contributed by atoms with Crippen LogP contribution in [0.4, 0.5) is 0 Å². The monoisotopic (exact) mass is 392 g/mol. The Kier molecular flexibility index (Phi) is 5.15. The fourth-order valence-electron chi connectivity index (χ4n) is 4.48. The zero-order chi connectivity index (χ0) is 19.6. The van der Waals surface area contributed by atoms with E-state index in [1.54, 1.807) is 0 Å². The second-order valence-electron chi connectivity index (χ2n) is 8.25. The summed E-state index contributed by atoms with van der Waals surface area (Å²) in [5.41, 5.74) is 2.26. The molecule has 2 fully saturated rings. The van der Waals surface area contributed by atoms with Crippen LogP contribution in [0, 0.1) is 0 Å². The van der Waals surface area contributed by atoms with Crippen LogP contribution in [0.15, 0.2) is 48.5 Å². The van der Waals surface area contributed by atoms with Gasteiger partial charge in [-0.3, -0.25) is 9.69 Å². The highest BCUT2D eigenvalue weighted by atomic mass is 16.5. The summed E-state index contributed by atoms with van der Waals surface area (Å²) in [4.78, 5) is 15.6. The third-order valence-corrected chi connectivity index (χ3v) is 6.07. The van der Waals surface area contributed by atoms with Crippen molar-refractivity contribution >= 4 is 5.91 Å². The van der Waals surface area contributed by atoms with Gasteiger partial charge in [-0.2, -0.15) is 0 Å². The number of hydrogen-bond donors (Lipinski definition) is 1. The molecule has 0 bridgehead atoms. The molecule has 1 saturated carbocycles. The van der Waals surface area contributed by atoms with Gasteiger partial charge in [0.05, 0.1) is 13.2 Å². The molecular weight excluding hydrogens is 364 g/mol. The zero-order valence-corrected chi connectivity index (χ0v) is 16.7. The SMILES string of the molecule is O=C(NC1CC1)C(c1ccccc1)N1CCCC1c1ccc2c(c1)OCCCO2. The van der Waals surface area contributed by atoms with Gasteiger partial charge in [0.15, 0.2) is 11.5 Å². The van der Waals surface area contributed by atoms with Crippen molar-refractivity contribution in [2.24, 2.45) is 0 Å². The number of likely N-dealkylation sites (tertiary alicyclic amines) is 1. The molecule has 0 spiro atoms. The molecule has 5 nitrogen and oxygen atoms in total. The predicted molar refractivity (Wildman–Crippen MR) is 111 cm³/mol. The average Bonchev–Trinajstić information content (AvgIpc) is 3.49. The van der Waals surface area contributed by atoms with E-state index in [1.807, 2.05) is 24.3 Å². The van der Waals surface area contributed by atoms with E-state index in [1.165, 1.54) is 5.56 Å². The van der Waals surface area contributed by atoms with Crippen LogP contribution in [-0.2, 0) is 4.79 Å². The number of amides is 1. The maximum atomic E-state index is 13.2. The maximum Gasteiger partial charge on any atom is 0.242 e. The van der Waals surface area contributed by atoms with E-state index in [-0.39, 0.29) is 18.0 Å². The molecular formula is C24H28N2O3. The zero-order valence-electron chi connectivity index (χ0n) is 16.7. The Balaban J connectivity index is 1.46. The molecule has 3 aliphatic rings. The van der Waals surface area contributed by atoms with Gasteiger partial charge in [-0.25, -0.2) is 0 Å². The van der Waals surface area contributed by atoms with E-state index >= 15 is 0 Å². The number of carbonyl (C=O) groups excluding carboxylic acids is 1. The Bertz CT molecular complexity index is 866. The number of hydrogen-bond acceptors (Lipinski definition) is 4. The fraction of sp³-hybridized carbons (Fsp3) is 0.458. The van der Waals surface area contributed by atoms with Crippen molar-refractivity contribution in [3.8, 4) is 11.5 Å². The van der Waals surface area contributed by atoms with Gasteiger partial charge in [-0.1, -0.05) is 36.4 Å². The van der Waals surface area contributed by atoms with E-state index in [2.05, 4.69) is 34.5 Å². The highest BCUT2D eigenvalue weighted by molar-refractivity contribution is 5.83. The molecule has 1 N–H and O–H groups in total. The molecule has 0 radical (unpaired) electrons. The topological polar surface area (TPSA) is 50.8 Å². The molecule has 1 saturated heterocycles. The highest BCUT2D eigenvalue weighted by Gasteiger charge is 2.38. The Morgan fingerprint density at radius 1 is 0.966 bits per heavy atom. The first-order valence-corrected chi connectivity index (χ1v) is 10.8. The summed E-state index contributed by atoms with van der Waals surface area (Å²) < 4.78 is 11.7. The molecule has 5 heteroatoms. The molecule has 2 aromatic rings. The van der Waals surface area contributed by atoms with Gasteiger partial charge in [-0.05, 0) is 55.5 Å². The average molecular weight is 392 g/mol. The summed E-state index contributed by atoms with van der Waals surface area (Å²) in [6, 6.07) is 16.7. The van der Waals surface area contributed by atoms with Crippen molar-refractivity contribution in [3.63, 3.8) is 0 Å². The van der Waals surface area contributed by atoms with E-state index in [0.29, 0.717) is 19.3 Å². The number of carbonyl (C=O) groups is 1. The minimum atomic E-state index is -0.264. The lowest BCUT2D eigenvalue weighted by atomic mass is 9.99. The molecule has 2 heterocycles. The van der Waals surface area contributed by atoms with Gasteiger partial charge >= 0.3 is 0 Å². The predicted octanol–water partition coefficient (Wildman–Crippen LogP) is 4.00. The molecule has 2 unspecified atom stereocenters. The van der Waals surface area contributed by atoms with E-state index < -0.39 is 0 Å². The second kappa shape index (κ2) is 8.07. The van der Waals surface area contributed by atoms with Crippen molar-refractivity contribution in [3.05, 3.63) is 59.7 Å². The van der Waals surface area contributed by atoms with E-state index in [4.69, 9.17) is 9.47 Å². The standard InChI is InChI=1S/C24H28N2O3/c27-24(25-19-10-11-19)23(17-6-2-1-3-7-17)26-13-4-8-20(26)18-9-12-21-22(16-18)29-15-5-14-28-21/h1-3,6-7,9,12,16,19-20,23H,4-5,8,10-11,13-15H2,(H,25,27). The van der Waals surface area contributed by atoms with Gasteiger partial charge < -0.3 is 14.8 Å². The summed E-state index contributed by atoms with van der Waals surface area (Å²) in [5, 5.41) is 3.23. The second-order valence-corrected chi connectivity index (χ2v) is 8.25. The quantitative estimate of drug-likeness (QED) is 0.836. The highest BCUT2D eigenvalue weighted by Crippen LogP contribution is 2.42. The molecule has 2 atom stereocenters. The van der Waals surface area contributed by atoms with Crippen molar-refractivity contribution in [2.45, 2.75) is 50.2 Å². The number of nitrogens with zero attached hydrogens (tertiary/aromatic N) is 1. The van der Waals surface area contributed by atoms with Gasteiger partial charge in [-0.15, -0.1) is 0 Å². The molecule has 29 heavy (non-hydrogen) atoms. The normalized spacial score (nSPS) is 22.7. The van der Waals surface area contributed by atoms with Crippen molar-refractivity contribution in [2.75, 3.05) is 19.8 Å². The third-order valence-electron chi connectivity index (χ3n) is 6.07. The summed E-state index contributed by atoms with van der Waals surface area (Å²) in [5.74, 6) is 1.77. The van der Waals surface area contributed by atoms with E-state index in [0.717, 1.165) is 55.7 Å². The fourth-order valence-corrected chi connectivity index (χ4v) is 4.48. The molecule has 1 amide bonds. The minimum absolute atomic E-state index is 0.125.